The Balaban J connectivity index is 2.06. The maximum Gasteiger partial charge on any atom is 0.410 e. The lowest BCUT2D eigenvalue weighted by atomic mass is 10.1. The zero-order valence-corrected chi connectivity index (χ0v) is 12.6. The minimum atomic E-state index is -0.465. The molecule has 0 bridgehead atoms. The summed E-state index contributed by atoms with van der Waals surface area (Å²) in [6.07, 6.45) is 0.267. The van der Waals surface area contributed by atoms with E-state index >= 15 is 0 Å². The highest BCUT2D eigenvalue weighted by atomic mass is 16.6. The van der Waals surface area contributed by atoms with Gasteiger partial charge in [0.15, 0.2) is 5.69 Å². The molecule has 1 aliphatic heterocycles. The summed E-state index contributed by atoms with van der Waals surface area (Å²) in [4.78, 5) is 25.4. The third kappa shape index (κ3) is 3.53. The lowest BCUT2D eigenvalue weighted by Gasteiger charge is -2.26. The van der Waals surface area contributed by atoms with Gasteiger partial charge in [0.25, 0.3) is 0 Å². The number of hydrogen-bond acceptors (Lipinski definition) is 5. The Bertz CT molecular complexity index is 524. The van der Waals surface area contributed by atoms with Crippen LogP contribution in [0.3, 0.4) is 0 Å². The van der Waals surface area contributed by atoms with E-state index in [4.69, 9.17) is 9.47 Å². The van der Waals surface area contributed by atoms with E-state index in [-0.39, 0.29) is 11.8 Å². The molecule has 1 amide bonds. The van der Waals surface area contributed by atoms with Gasteiger partial charge >= 0.3 is 12.1 Å². The third-order valence-electron chi connectivity index (χ3n) is 3.20. The van der Waals surface area contributed by atoms with Gasteiger partial charge in [-0.3, -0.25) is 5.10 Å². The van der Waals surface area contributed by atoms with Crippen molar-refractivity contribution in [1.82, 2.24) is 15.1 Å². The first-order valence-electron chi connectivity index (χ1n) is 7.17. The lowest BCUT2D eigenvalue weighted by molar-refractivity contribution is 0.0514. The maximum atomic E-state index is 12.0. The van der Waals surface area contributed by atoms with Crippen LogP contribution in [0.2, 0.25) is 0 Å². The van der Waals surface area contributed by atoms with Crippen LogP contribution in [0.1, 0.15) is 42.5 Å². The van der Waals surface area contributed by atoms with Crippen molar-refractivity contribution in [3.8, 4) is 0 Å². The number of hydrogen-bond donors (Lipinski definition) is 1. The molecular formula is C14H21N3O4. The summed E-state index contributed by atoms with van der Waals surface area (Å²) >= 11 is 0. The number of H-pyrrole nitrogens is 1. The summed E-state index contributed by atoms with van der Waals surface area (Å²) in [6, 6.07) is 0. The number of rotatable bonds is 4. The van der Waals surface area contributed by atoms with Gasteiger partial charge in [-0.1, -0.05) is 13.8 Å². The van der Waals surface area contributed by atoms with Crippen molar-refractivity contribution >= 4 is 12.1 Å². The Labute approximate surface area is 123 Å². The van der Waals surface area contributed by atoms with Crippen molar-refractivity contribution in [2.24, 2.45) is 5.92 Å². The molecular weight excluding hydrogens is 274 g/mol. The van der Waals surface area contributed by atoms with Crippen LogP contribution in [0.4, 0.5) is 4.79 Å². The van der Waals surface area contributed by atoms with Crippen molar-refractivity contribution in [3.63, 3.8) is 0 Å². The minimum Gasteiger partial charge on any atom is -0.461 e. The van der Waals surface area contributed by atoms with Gasteiger partial charge in [-0.25, -0.2) is 9.59 Å². The number of nitrogens with one attached hydrogen (secondary N) is 1. The summed E-state index contributed by atoms with van der Waals surface area (Å²) in [5, 5.41) is 6.85. The number of carbonyl (C=O) groups excluding carboxylic acids is 2. The zero-order chi connectivity index (χ0) is 15.4. The topological polar surface area (TPSA) is 84.5 Å². The number of carbonyl (C=O) groups is 2. The van der Waals surface area contributed by atoms with Crippen LogP contribution in [0.15, 0.2) is 0 Å². The molecule has 7 nitrogen and oxygen atoms in total. The predicted octanol–water partition coefficient (Wildman–Crippen LogP) is 1.74. The highest BCUT2D eigenvalue weighted by molar-refractivity contribution is 5.89. The van der Waals surface area contributed by atoms with Crippen LogP contribution in [0.5, 0.6) is 0 Å². The average Bonchev–Trinajstić information content (AvgIpc) is 2.87. The van der Waals surface area contributed by atoms with Crippen LogP contribution in [-0.4, -0.2) is 46.9 Å². The van der Waals surface area contributed by atoms with Crippen molar-refractivity contribution in [2.75, 3.05) is 19.8 Å². The fourth-order valence-corrected chi connectivity index (χ4v) is 2.15. The molecule has 7 heteroatoms. The molecule has 1 aromatic rings. The quantitative estimate of drug-likeness (QED) is 0.855. The van der Waals surface area contributed by atoms with E-state index in [9.17, 15) is 9.59 Å². The summed E-state index contributed by atoms with van der Waals surface area (Å²) in [5.74, 6) is -0.175. The molecule has 0 spiro atoms. The molecule has 1 aromatic heterocycles. The molecule has 0 saturated carbocycles. The molecule has 21 heavy (non-hydrogen) atoms. The molecule has 1 aliphatic rings. The SMILES string of the molecule is CCOC(=O)c1n[nH]c2c1CN(C(=O)OCC(C)C)CC2. The normalized spacial score (nSPS) is 14.0. The maximum absolute atomic E-state index is 12.0. The van der Waals surface area contributed by atoms with Gasteiger partial charge in [-0.15, -0.1) is 0 Å². The number of ether oxygens (including phenoxy) is 2. The monoisotopic (exact) mass is 295 g/mol. The fraction of sp³-hybridized carbons (Fsp3) is 0.643. The Morgan fingerprint density at radius 3 is 2.81 bits per heavy atom. The molecule has 0 radical (unpaired) electrons. The van der Waals surface area contributed by atoms with Gasteiger partial charge < -0.3 is 14.4 Å². The van der Waals surface area contributed by atoms with Crippen molar-refractivity contribution in [3.05, 3.63) is 17.0 Å². The van der Waals surface area contributed by atoms with E-state index in [0.717, 1.165) is 11.3 Å². The average molecular weight is 295 g/mol. The number of esters is 1. The number of fused-ring (bicyclic) bond motifs is 1. The molecule has 0 atom stereocenters. The van der Waals surface area contributed by atoms with Gasteiger partial charge in [-0.2, -0.15) is 5.10 Å². The van der Waals surface area contributed by atoms with Gasteiger partial charge in [-0.05, 0) is 12.8 Å². The molecule has 2 heterocycles. The molecule has 1 N–H and O–H groups in total. The number of nitrogens with zero attached hydrogens (tertiary/aromatic N) is 2. The van der Waals surface area contributed by atoms with Gasteiger partial charge in [0.2, 0.25) is 0 Å². The molecule has 0 unspecified atom stereocenters. The number of amides is 1. The second-order valence-electron chi connectivity index (χ2n) is 5.39. The van der Waals surface area contributed by atoms with E-state index in [1.807, 2.05) is 13.8 Å². The second-order valence-corrected chi connectivity index (χ2v) is 5.39. The summed E-state index contributed by atoms with van der Waals surface area (Å²) in [7, 11) is 0. The molecule has 2 rings (SSSR count). The van der Waals surface area contributed by atoms with Gasteiger partial charge in [0.1, 0.15) is 0 Å². The summed E-state index contributed by atoms with van der Waals surface area (Å²) in [6.45, 7) is 7.25. The third-order valence-corrected chi connectivity index (χ3v) is 3.20. The molecule has 116 valence electrons. The van der Waals surface area contributed by atoms with E-state index in [1.54, 1.807) is 11.8 Å². The second kappa shape index (κ2) is 6.60. The first-order chi connectivity index (χ1) is 10.0. The Hall–Kier alpha value is -2.05. The predicted molar refractivity (Wildman–Crippen MR) is 74.8 cm³/mol. The van der Waals surface area contributed by atoms with Crippen LogP contribution in [0, 0.1) is 5.92 Å². The Morgan fingerprint density at radius 1 is 1.38 bits per heavy atom. The van der Waals surface area contributed by atoms with E-state index in [1.165, 1.54) is 0 Å². The van der Waals surface area contributed by atoms with E-state index in [0.29, 0.717) is 38.6 Å². The molecule has 0 saturated heterocycles. The Morgan fingerprint density at radius 2 is 2.14 bits per heavy atom. The smallest absolute Gasteiger partial charge is 0.410 e. The number of aromatic nitrogens is 2. The molecule has 0 aliphatic carbocycles. The minimum absolute atomic E-state index is 0.258. The highest BCUT2D eigenvalue weighted by Crippen LogP contribution is 2.21. The van der Waals surface area contributed by atoms with Crippen molar-refractivity contribution in [2.45, 2.75) is 33.7 Å². The largest absolute Gasteiger partial charge is 0.461 e. The van der Waals surface area contributed by atoms with Crippen LogP contribution >= 0.6 is 0 Å². The summed E-state index contributed by atoms with van der Waals surface area (Å²) < 4.78 is 10.2. The van der Waals surface area contributed by atoms with E-state index in [2.05, 4.69) is 10.2 Å². The zero-order valence-electron chi connectivity index (χ0n) is 12.6. The first-order valence-corrected chi connectivity index (χ1v) is 7.17. The van der Waals surface area contributed by atoms with Crippen molar-refractivity contribution < 1.29 is 19.1 Å². The standard InChI is InChI=1S/C14H21N3O4/c1-4-20-13(18)12-10-7-17(6-5-11(10)15-16-12)14(19)21-8-9(2)3/h9H,4-8H2,1-3H3,(H,15,16). The highest BCUT2D eigenvalue weighted by Gasteiger charge is 2.29. The van der Waals surface area contributed by atoms with Crippen LogP contribution in [-0.2, 0) is 22.4 Å². The molecule has 0 fully saturated rings. The molecule has 0 aromatic carbocycles. The van der Waals surface area contributed by atoms with Crippen LogP contribution in [0.25, 0.3) is 0 Å². The van der Waals surface area contributed by atoms with E-state index < -0.39 is 5.97 Å². The lowest BCUT2D eigenvalue weighted by Crippen LogP contribution is -2.37. The first kappa shape index (κ1) is 15.3. The fourth-order valence-electron chi connectivity index (χ4n) is 2.15. The van der Waals surface area contributed by atoms with Gasteiger partial charge in [0.05, 0.1) is 19.8 Å². The van der Waals surface area contributed by atoms with Crippen LogP contribution < -0.4 is 0 Å². The number of aromatic amines is 1. The van der Waals surface area contributed by atoms with Crippen molar-refractivity contribution in [1.29, 1.82) is 0 Å². The summed E-state index contributed by atoms with van der Waals surface area (Å²) in [5.41, 5.74) is 1.86. The Kier molecular flexibility index (Phi) is 4.82. The van der Waals surface area contributed by atoms with Gasteiger partial charge in [0, 0.05) is 24.2 Å².